The molecule has 0 bridgehead atoms. The fourth-order valence-electron chi connectivity index (χ4n) is 4.73. The average Bonchev–Trinajstić information content (AvgIpc) is 2.90. The summed E-state index contributed by atoms with van der Waals surface area (Å²) in [5.74, 6) is 0.212. The SMILES string of the molecule is CC(C)(C)OC(=O)C(N)CCC(Cc1ccc(Cl)cc1)C(=O)N1CCN(c2ncnc3ccccc23)CC1. The normalized spacial score (nSPS) is 15.8. The summed E-state index contributed by atoms with van der Waals surface area (Å²) in [6.45, 7) is 7.98. The number of hydrogen-bond acceptors (Lipinski definition) is 7. The Morgan fingerprint density at radius 3 is 2.37 bits per heavy atom. The number of hydrogen-bond donors (Lipinski definition) is 1. The molecule has 38 heavy (non-hydrogen) atoms. The van der Waals surface area contributed by atoms with Crippen molar-refractivity contribution in [1.82, 2.24) is 14.9 Å². The number of nitrogens with zero attached hydrogens (tertiary/aromatic N) is 4. The maximum absolute atomic E-state index is 13.7. The lowest BCUT2D eigenvalue weighted by Crippen LogP contribution is -2.51. The zero-order valence-electron chi connectivity index (χ0n) is 22.3. The molecule has 0 spiro atoms. The van der Waals surface area contributed by atoms with Gasteiger partial charge in [0.2, 0.25) is 5.91 Å². The summed E-state index contributed by atoms with van der Waals surface area (Å²) < 4.78 is 5.43. The van der Waals surface area contributed by atoms with E-state index in [1.165, 1.54) is 0 Å². The van der Waals surface area contributed by atoms with Crippen LogP contribution in [0.1, 0.15) is 39.2 Å². The topological polar surface area (TPSA) is 102 Å². The molecule has 3 aromatic rings. The lowest BCUT2D eigenvalue weighted by Gasteiger charge is -2.37. The number of para-hydroxylation sites is 1. The molecule has 0 radical (unpaired) electrons. The Kier molecular flexibility index (Phi) is 8.84. The Bertz CT molecular complexity index is 1250. The standard InChI is InChI=1S/C29H36ClN5O3/c1-29(2,3)38-28(37)24(31)13-10-21(18-20-8-11-22(30)12-9-20)27(36)35-16-14-34(15-17-35)26-23-6-4-5-7-25(23)32-19-33-26/h4-9,11-12,19,21,24H,10,13-18,31H2,1-3H3. The van der Waals surface area contributed by atoms with Gasteiger partial charge < -0.3 is 20.3 Å². The summed E-state index contributed by atoms with van der Waals surface area (Å²) in [6, 6.07) is 14.7. The van der Waals surface area contributed by atoms with Crippen LogP contribution in [0.4, 0.5) is 5.82 Å². The Labute approximate surface area is 229 Å². The second-order valence-electron chi connectivity index (χ2n) is 10.8. The van der Waals surface area contributed by atoms with Gasteiger partial charge in [-0.1, -0.05) is 35.9 Å². The van der Waals surface area contributed by atoms with Crippen molar-refractivity contribution >= 4 is 40.2 Å². The van der Waals surface area contributed by atoms with Crippen LogP contribution in [0.15, 0.2) is 54.9 Å². The largest absolute Gasteiger partial charge is 0.459 e. The smallest absolute Gasteiger partial charge is 0.323 e. The minimum absolute atomic E-state index is 0.0727. The molecule has 2 atom stereocenters. The number of ether oxygens (including phenoxy) is 1. The fourth-order valence-corrected chi connectivity index (χ4v) is 4.86. The van der Waals surface area contributed by atoms with Crippen molar-refractivity contribution in [2.75, 3.05) is 31.1 Å². The van der Waals surface area contributed by atoms with Crippen LogP contribution in [0.2, 0.25) is 5.02 Å². The second-order valence-corrected chi connectivity index (χ2v) is 11.2. The number of amides is 1. The molecule has 202 valence electrons. The van der Waals surface area contributed by atoms with Crippen LogP contribution in [0.5, 0.6) is 0 Å². The number of rotatable bonds is 8. The van der Waals surface area contributed by atoms with E-state index in [2.05, 4.69) is 14.9 Å². The summed E-state index contributed by atoms with van der Waals surface area (Å²) in [6.07, 6.45) is 2.99. The monoisotopic (exact) mass is 537 g/mol. The van der Waals surface area contributed by atoms with Gasteiger partial charge in [0.15, 0.2) is 0 Å². The first-order chi connectivity index (χ1) is 18.1. The van der Waals surface area contributed by atoms with Gasteiger partial charge in [-0.25, -0.2) is 9.97 Å². The molecule has 1 aliphatic heterocycles. The van der Waals surface area contributed by atoms with Crippen LogP contribution in [0, 0.1) is 5.92 Å². The highest BCUT2D eigenvalue weighted by Crippen LogP contribution is 2.25. The first kappa shape index (κ1) is 27.8. The molecule has 9 heteroatoms. The molecule has 1 aromatic heterocycles. The Morgan fingerprint density at radius 1 is 1.00 bits per heavy atom. The van der Waals surface area contributed by atoms with Crippen LogP contribution in [-0.2, 0) is 20.7 Å². The van der Waals surface area contributed by atoms with E-state index in [1.807, 2.05) is 74.2 Å². The van der Waals surface area contributed by atoms with Gasteiger partial charge in [0, 0.05) is 42.5 Å². The molecule has 1 fully saturated rings. The first-order valence-corrected chi connectivity index (χ1v) is 13.4. The number of aromatic nitrogens is 2. The number of anilines is 1. The highest BCUT2D eigenvalue weighted by Gasteiger charge is 2.30. The molecule has 1 aliphatic rings. The number of piperazine rings is 1. The Balaban J connectivity index is 1.43. The maximum atomic E-state index is 13.7. The predicted molar refractivity (Wildman–Crippen MR) is 150 cm³/mol. The molecule has 0 aliphatic carbocycles. The van der Waals surface area contributed by atoms with Crippen molar-refractivity contribution in [2.45, 2.75) is 51.7 Å². The third kappa shape index (κ3) is 7.20. The van der Waals surface area contributed by atoms with Crippen LogP contribution < -0.4 is 10.6 Å². The van der Waals surface area contributed by atoms with E-state index in [1.54, 1.807) is 6.33 Å². The molecule has 8 nitrogen and oxygen atoms in total. The third-order valence-corrected chi connectivity index (χ3v) is 6.94. The summed E-state index contributed by atoms with van der Waals surface area (Å²) >= 11 is 6.07. The van der Waals surface area contributed by atoms with E-state index in [0.717, 1.165) is 22.3 Å². The Morgan fingerprint density at radius 2 is 1.68 bits per heavy atom. The van der Waals surface area contributed by atoms with Crippen LogP contribution in [-0.4, -0.2) is 64.6 Å². The highest BCUT2D eigenvalue weighted by atomic mass is 35.5. The average molecular weight is 538 g/mol. The van der Waals surface area contributed by atoms with Gasteiger partial charge in [0.1, 0.15) is 23.8 Å². The third-order valence-electron chi connectivity index (χ3n) is 6.69. The summed E-state index contributed by atoms with van der Waals surface area (Å²) in [7, 11) is 0. The van der Waals surface area contributed by atoms with Gasteiger partial charge in [0.25, 0.3) is 0 Å². The molecule has 0 saturated carbocycles. The molecular weight excluding hydrogens is 502 g/mol. The zero-order valence-corrected chi connectivity index (χ0v) is 23.0. The number of halogens is 1. The number of nitrogens with two attached hydrogens (primary N) is 1. The molecule has 1 saturated heterocycles. The second kappa shape index (κ2) is 12.1. The van der Waals surface area contributed by atoms with Gasteiger partial charge in [-0.3, -0.25) is 9.59 Å². The highest BCUT2D eigenvalue weighted by molar-refractivity contribution is 6.30. The van der Waals surface area contributed by atoms with Crippen LogP contribution in [0.25, 0.3) is 10.9 Å². The van der Waals surface area contributed by atoms with Gasteiger partial charge in [-0.05, 0) is 69.9 Å². The maximum Gasteiger partial charge on any atom is 0.323 e. The first-order valence-electron chi connectivity index (χ1n) is 13.1. The molecule has 4 rings (SSSR count). The van der Waals surface area contributed by atoms with Gasteiger partial charge in [-0.15, -0.1) is 0 Å². The van der Waals surface area contributed by atoms with E-state index >= 15 is 0 Å². The minimum atomic E-state index is -0.780. The summed E-state index contributed by atoms with van der Waals surface area (Å²) in [5, 5.41) is 1.66. The van der Waals surface area contributed by atoms with Crippen molar-refractivity contribution in [1.29, 1.82) is 0 Å². The molecule has 2 aromatic carbocycles. The van der Waals surface area contributed by atoms with Crippen LogP contribution >= 0.6 is 11.6 Å². The number of benzene rings is 2. The van der Waals surface area contributed by atoms with Gasteiger partial charge >= 0.3 is 5.97 Å². The number of fused-ring (bicyclic) bond motifs is 1. The predicted octanol–water partition coefficient (Wildman–Crippen LogP) is 4.24. The molecular formula is C29H36ClN5O3. The Hall–Kier alpha value is -3.23. The van der Waals surface area contributed by atoms with E-state index < -0.39 is 17.6 Å². The summed E-state index contributed by atoms with van der Waals surface area (Å²) in [5.41, 5.74) is 7.47. The van der Waals surface area contributed by atoms with E-state index in [4.69, 9.17) is 22.1 Å². The fraction of sp³-hybridized carbons (Fsp3) is 0.448. The lowest BCUT2D eigenvalue weighted by atomic mass is 9.91. The molecule has 2 N–H and O–H groups in total. The lowest BCUT2D eigenvalue weighted by molar-refractivity contribution is -0.157. The van der Waals surface area contributed by atoms with E-state index in [-0.39, 0.29) is 11.8 Å². The van der Waals surface area contributed by atoms with Crippen molar-refractivity contribution < 1.29 is 14.3 Å². The van der Waals surface area contributed by atoms with Crippen LogP contribution in [0.3, 0.4) is 0 Å². The molecule has 2 heterocycles. The minimum Gasteiger partial charge on any atom is -0.459 e. The van der Waals surface area contributed by atoms with Crippen molar-refractivity contribution in [3.63, 3.8) is 0 Å². The van der Waals surface area contributed by atoms with Crippen molar-refractivity contribution in [3.05, 3.63) is 65.4 Å². The zero-order chi connectivity index (χ0) is 27.3. The number of carbonyl (C=O) groups excluding carboxylic acids is 2. The van der Waals surface area contributed by atoms with E-state index in [0.29, 0.717) is 50.5 Å². The van der Waals surface area contributed by atoms with Crippen molar-refractivity contribution in [3.8, 4) is 0 Å². The summed E-state index contributed by atoms with van der Waals surface area (Å²) in [4.78, 5) is 39.2. The van der Waals surface area contributed by atoms with E-state index in [9.17, 15) is 9.59 Å². The van der Waals surface area contributed by atoms with Gasteiger partial charge in [-0.2, -0.15) is 0 Å². The van der Waals surface area contributed by atoms with Crippen molar-refractivity contribution in [2.24, 2.45) is 11.7 Å². The van der Waals surface area contributed by atoms with Gasteiger partial charge in [0.05, 0.1) is 5.52 Å². The number of carbonyl (C=O) groups is 2. The number of esters is 1. The molecule has 2 unspecified atom stereocenters. The quantitative estimate of drug-likeness (QED) is 0.429. The molecule has 1 amide bonds.